The Morgan fingerprint density at radius 2 is 1.65 bits per heavy atom. The van der Waals surface area contributed by atoms with E-state index < -0.39 is 5.97 Å². The summed E-state index contributed by atoms with van der Waals surface area (Å²) in [6, 6.07) is 24.9. The zero-order valence-corrected chi connectivity index (χ0v) is 18.3. The molecule has 0 saturated carbocycles. The molecule has 1 aromatic heterocycles. The van der Waals surface area contributed by atoms with Crippen molar-refractivity contribution in [2.45, 2.75) is 13.0 Å². The number of esters is 1. The smallest absolute Gasteiger partial charge is 0.347 e. The Balaban J connectivity index is 1.42. The van der Waals surface area contributed by atoms with Gasteiger partial charge in [0.05, 0.1) is 19.0 Å². The lowest BCUT2D eigenvalue weighted by molar-refractivity contribution is 0.0735. The highest BCUT2D eigenvalue weighted by Gasteiger charge is 2.22. The van der Waals surface area contributed by atoms with Crippen molar-refractivity contribution in [3.8, 4) is 45.7 Å². The first-order valence-corrected chi connectivity index (χ1v) is 10.9. The number of carbonyl (C=O) groups is 1. The first kappa shape index (κ1) is 21.3. The van der Waals surface area contributed by atoms with Gasteiger partial charge in [0, 0.05) is 11.8 Å². The maximum absolute atomic E-state index is 13.1. The van der Waals surface area contributed by atoms with Crippen molar-refractivity contribution >= 4 is 5.97 Å². The lowest BCUT2D eigenvalue weighted by atomic mass is 10.1. The molecule has 7 heteroatoms. The van der Waals surface area contributed by atoms with Gasteiger partial charge in [0.25, 0.3) is 0 Å². The van der Waals surface area contributed by atoms with E-state index in [0.717, 1.165) is 11.1 Å². The van der Waals surface area contributed by atoms with Crippen LogP contribution in [-0.2, 0) is 6.54 Å². The molecule has 2 heterocycles. The van der Waals surface area contributed by atoms with Gasteiger partial charge in [-0.25, -0.2) is 4.79 Å². The van der Waals surface area contributed by atoms with E-state index in [2.05, 4.69) is 11.2 Å². The van der Waals surface area contributed by atoms with Gasteiger partial charge < -0.3 is 14.2 Å². The van der Waals surface area contributed by atoms with E-state index in [1.807, 2.05) is 48.5 Å². The number of aryl methyl sites for hydroxylation is 1. The van der Waals surface area contributed by atoms with Crippen molar-refractivity contribution in [1.82, 2.24) is 9.78 Å². The van der Waals surface area contributed by atoms with Crippen LogP contribution in [0.25, 0.3) is 22.4 Å². The average molecular weight is 451 g/mol. The Kier molecular flexibility index (Phi) is 5.95. The van der Waals surface area contributed by atoms with E-state index in [4.69, 9.17) is 19.5 Å². The normalized spacial score (nSPS) is 12.1. The molecular formula is C27H21N3O4. The molecule has 0 saturated heterocycles. The summed E-state index contributed by atoms with van der Waals surface area (Å²) in [4.78, 5) is 13.1. The van der Waals surface area contributed by atoms with Gasteiger partial charge in [-0.2, -0.15) is 10.4 Å². The third-order valence-electron chi connectivity index (χ3n) is 5.42. The van der Waals surface area contributed by atoms with Gasteiger partial charge in [-0.1, -0.05) is 42.5 Å². The van der Waals surface area contributed by atoms with Gasteiger partial charge in [-0.15, -0.1) is 0 Å². The molecule has 0 fully saturated rings. The molecular weight excluding hydrogens is 430 g/mol. The molecule has 0 spiro atoms. The number of benzene rings is 3. The molecule has 4 aromatic rings. The molecule has 0 amide bonds. The summed E-state index contributed by atoms with van der Waals surface area (Å²) in [5, 5.41) is 13.5. The summed E-state index contributed by atoms with van der Waals surface area (Å²) in [7, 11) is 0. The Labute approximate surface area is 196 Å². The number of ether oxygens (including phenoxy) is 3. The molecule has 0 N–H and O–H groups in total. The summed E-state index contributed by atoms with van der Waals surface area (Å²) in [6.45, 7) is 1.32. The predicted molar refractivity (Wildman–Crippen MR) is 126 cm³/mol. The Bertz CT molecular complexity index is 1360. The predicted octanol–water partition coefficient (Wildman–Crippen LogP) is 5.12. The van der Waals surface area contributed by atoms with Crippen molar-refractivity contribution in [2.24, 2.45) is 0 Å². The number of fused-ring (bicyclic) bond motifs is 1. The maximum atomic E-state index is 13.1. The average Bonchev–Trinajstić information content (AvgIpc) is 3.33. The molecule has 3 aromatic carbocycles. The number of hydrogen-bond acceptors (Lipinski definition) is 6. The number of nitriles is 1. The molecule has 0 radical (unpaired) electrons. The van der Waals surface area contributed by atoms with Crippen LogP contribution in [0.5, 0.6) is 17.2 Å². The minimum atomic E-state index is -0.527. The van der Waals surface area contributed by atoms with Crippen LogP contribution in [0.15, 0.2) is 79.0 Å². The Hall–Kier alpha value is -4.57. The summed E-state index contributed by atoms with van der Waals surface area (Å²) in [5.74, 6) is 1.16. The number of rotatable bonds is 6. The quantitative estimate of drug-likeness (QED) is 0.299. The first-order valence-electron chi connectivity index (χ1n) is 10.9. The second kappa shape index (κ2) is 9.51. The van der Waals surface area contributed by atoms with Gasteiger partial charge >= 0.3 is 5.97 Å². The zero-order chi connectivity index (χ0) is 23.3. The largest absolute Gasteiger partial charge is 0.486 e. The third kappa shape index (κ3) is 4.48. The molecule has 7 nitrogen and oxygen atoms in total. The summed E-state index contributed by atoms with van der Waals surface area (Å²) >= 11 is 0. The molecule has 0 unspecified atom stereocenters. The highest BCUT2D eigenvalue weighted by atomic mass is 16.6. The molecule has 0 atom stereocenters. The fourth-order valence-electron chi connectivity index (χ4n) is 3.76. The second-order valence-electron chi connectivity index (χ2n) is 7.70. The summed E-state index contributed by atoms with van der Waals surface area (Å²) < 4.78 is 18.5. The van der Waals surface area contributed by atoms with Gasteiger partial charge in [0.2, 0.25) is 0 Å². The topological polar surface area (TPSA) is 86.4 Å². The number of hydrogen-bond donors (Lipinski definition) is 0. The minimum absolute atomic E-state index is 0.275. The van der Waals surface area contributed by atoms with Gasteiger partial charge in [0.15, 0.2) is 11.5 Å². The van der Waals surface area contributed by atoms with Gasteiger partial charge in [0.1, 0.15) is 30.2 Å². The lowest BCUT2D eigenvalue weighted by Crippen LogP contribution is -2.15. The number of nitrogens with zero attached hydrogens (tertiary/aromatic N) is 3. The molecule has 1 aliphatic heterocycles. The molecule has 168 valence electrons. The Morgan fingerprint density at radius 3 is 2.41 bits per heavy atom. The van der Waals surface area contributed by atoms with Crippen LogP contribution in [-0.4, -0.2) is 29.0 Å². The van der Waals surface area contributed by atoms with Crippen LogP contribution >= 0.6 is 0 Å². The fraction of sp³-hybridized carbons (Fsp3) is 0.148. The van der Waals surface area contributed by atoms with Crippen LogP contribution in [0.2, 0.25) is 0 Å². The van der Waals surface area contributed by atoms with Crippen LogP contribution in [0.3, 0.4) is 0 Å². The van der Waals surface area contributed by atoms with E-state index in [9.17, 15) is 4.79 Å². The molecule has 34 heavy (non-hydrogen) atoms. The monoisotopic (exact) mass is 451 g/mol. The van der Waals surface area contributed by atoms with E-state index in [1.54, 1.807) is 35.1 Å². The van der Waals surface area contributed by atoms with E-state index in [1.165, 1.54) is 0 Å². The van der Waals surface area contributed by atoms with Crippen molar-refractivity contribution in [2.75, 3.05) is 13.2 Å². The molecule has 0 aliphatic carbocycles. The van der Waals surface area contributed by atoms with Gasteiger partial charge in [-0.3, -0.25) is 4.68 Å². The lowest BCUT2D eigenvalue weighted by Gasteiger charge is -2.18. The molecule has 1 aliphatic rings. The highest BCUT2D eigenvalue weighted by Crippen LogP contribution is 2.35. The van der Waals surface area contributed by atoms with Crippen LogP contribution in [0.4, 0.5) is 0 Å². The van der Waals surface area contributed by atoms with Crippen LogP contribution in [0, 0.1) is 11.3 Å². The van der Waals surface area contributed by atoms with E-state index in [-0.39, 0.29) is 6.42 Å². The van der Waals surface area contributed by atoms with Crippen molar-refractivity contribution < 1.29 is 19.0 Å². The Morgan fingerprint density at radius 1 is 0.941 bits per heavy atom. The zero-order valence-electron chi connectivity index (χ0n) is 18.3. The molecule has 5 rings (SSSR count). The maximum Gasteiger partial charge on any atom is 0.347 e. The fourth-order valence-corrected chi connectivity index (χ4v) is 3.76. The molecule has 0 bridgehead atoms. The van der Waals surface area contributed by atoms with E-state index in [0.29, 0.717) is 53.8 Å². The van der Waals surface area contributed by atoms with E-state index >= 15 is 0 Å². The second-order valence-corrected chi connectivity index (χ2v) is 7.70. The SMILES string of the molecule is N#CCCn1cc(C(=O)Oc2ccc(-c3ccccc3)cc2)c(-c2ccc3c(c2)OCCO3)n1. The minimum Gasteiger partial charge on any atom is -0.486 e. The highest BCUT2D eigenvalue weighted by molar-refractivity contribution is 5.97. The first-order chi connectivity index (χ1) is 16.7. The van der Waals surface area contributed by atoms with Crippen LogP contribution < -0.4 is 14.2 Å². The van der Waals surface area contributed by atoms with Gasteiger partial charge in [-0.05, 0) is 41.5 Å². The standard InChI is InChI=1S/C27H21N3O4/c28-13-4-14-30-18-23(26(29-30)21-9-12-24-25(17-21)33-16-15-32-24)27(31)34-22-10-7-20(8-11-22)19-5-2-1-3-6-19/h1-3,5-12,17-18H,4,14-16H2. The van der Waals surface area contributed by atoms with Crippen molar-refractivity contribution in [3.63, 3.8) is 0 Å². The number of carbonyl (C=O) groups excluding carboxylic acids is 1. The summed E-state index contributed by atoms with van der Waals surface area (Å²) in [5.41, 5.74) is 3.58. The van der Waals surface area contributed by atoms with Crippen molar-refractivity contribution in [1.29, 1.82) is 5.26 Å². The summed E-state index contributed by atoms with van der Waals surface area (Å²) in [6.07, 6.45) is 1.89. The number of aromatic nitrogens is 2. The third-order valence-corrected chi connectivity index (χ3v) is 5.42. The van der Waals surface area contributed by atoms with Crippen LogP contribution in [0.1, 0.15) is 16.8 Å². The van der Waals surface area contributed by atoms with Crippen molar-refractivity contribution in [3.05, 3.63) is 84.6 Å².